The van der Waals surface area contributed by atoms with Crippen LogP contribution in [-0.2, 0) is 10.5 Å². The second-order valence-corrected chi connectivity index (χ2v) is 9.91. The van der Waals surface area contributed by atoms with E-state index in [1.54, 1.807) is 23.1 Å². The second-order valence-electron chi connectivity index (χ2n) is 8.17. The van der Waals surface area contributed by atoms with Crippen LogP contribution in [0.5, 0.6) is 0 Å². The minimum absolute atomic E-state index is 0.0200. The highest BCUT2D eigenvalue weighted by atomic mass is 32.2. The largest absolute Gasteiger partial charge is 0.349 e. The molecule has 0 unspecified atom stereocenters. The van der Waals surface area contributed by atoms with E-state index >= 15 is 0 Å². The van der Waals surface area contributed by atoms with E-state index in [0.717, 1.165) is 60.7 Å². The highest BCUT2D eigenvalue weighted by Crippen LogP contribution is 2.28. The third-order valence-electron chi connectivity index (χ3n) is 6.09. The van der Waals surface area contributed by atoms with Gasteiger partial charge in [0.1, 0.15) is 0 Å². The van der Waals surface area contributed by atoms with Crippen molar-refractivity contribution >= 4 is 34.9 Å². The summed E-state index contributed by atoms with van der Waals surface area (Å²) in [5.74, 6) is 1.30. The molecule has 1 saturated heterocycles. The summed E-state index contributed by atoms with van der Waals surface area (Å²) in [4.78, 5) is 33.0. The molecule has 5 nitrogen and oxygen atoms in total. The summed E-state index contributed by atoms with van der Waals surface area (Å²) in [5, 5.41) is 5.24. The molecule has 1 saturated carbocycles. The number of thiazole rings is 1. The van der Waals surface area contributed by atoms with E-state index in [-0.39, 0.29) is 17.9 Å². The van der Waals surface area contributed by atoms with Gasteiger partial charge in [-0.2, -0.15) is 0 Å². The number of nitrogens with zero attached hydrogens (tertiary/aromatic N) is 2. The van der Waals surface area contributed by atoms with Crippen LogP contribution in [0.4, 0.5) is 0 Å². The molecule has 0 spiro atoms. The fraction of sp³-hybridized carbons (Fsp3) is 0.522. The number of benzene rings is 1. The Morgan fingerprint density at radius 2 is 1.87 bits per heavy atom. The minimum Gasteiger partial charge on any atom is -0.349 e. The van der Waals surface area contributed by atoms with Crippen LogP contribution in [-0.4, -0.2) is 40.8 Å². The lowest BCUT2D eigenvalue weighted by molar-refractivity contribution is -0.137. The van der Waals surface area contributed by atoms with Gasteiger partial charge in [0, 0.05) is 41.1 Å². The number of carbonyl (C=O) groups excluding carboxylic acids is 2. The number of rotatable bonds is 6. The normalized spacial score (nSPS) is 18.3. The molecule has 2 aliphatic rings. The first kappa shape index (κ1) is 21.4. The third kappa shape index (κ3) is 5.43. The molecule has 2 heterocycles. The summed E-state index contributed by atoms with van der Waals surface area (Å²) in [7, 11) is 0. The van der Waals surface area contributed by atoms with Crippen molar-refractivity contribution in [3.05, 3.63) is 46.4 Å². The molecule has 0 radical (unpaired) electrons. The molecule has 2 fully saturated rings. The number of likely N-dealkylation sites (tertiary alicyclic amines) is 1. The van der Waals surface area contributed by atoms with Gasteiger partial charge in [-0.15, -0.1) is 23.1 Å². The van der Waals surface area contributed by atoms with Gasteiger partial charge in [-0.3, -0.25) is 9.59 Å². The molecule has 1 N–H and O–H groups in total. The van der Waals surface area contributed by atoms with Crippen molar-refractivity contribution in [2.45, 2.75) is 61.6 Å². The Bertz CT molecular complexity index is 842. The van der Waals surface area contributed by atoms with Crippen LogP contribution >= 0.6 is 23.1 Å². The van der Waals surface area contributed by atoms with Gasteiger partial charge in [-0.1, -0.05) is 31.4 Å². The molecular formula is C23H29N3O2S2. The summed E-state index contributed by atoms with van der Waals surface area (Å²) in [6, 6.07) is 7.89. The number of thioether (sulfide) groups is 1. The average molecular weight is 444 g/mol. The lowest BCUT2D eigenvalue weighted by Crippen LogP contribution is -2.48. The summed E-state index contributed by atoms with van der Waals surface area (Å²) < 4.78 is 0. The van der Waals surface area contributed by atoms with Crippen LogP contribution < -0.4 is 5.32 Å². The molecule has 1 aromatic carbocycles. The Hall–Kier alpha value is -1.86. The summed E-state index contributed by atoms with van der Waals surface area (Å²) in [6.07, 6.45) is 7.39. The van der Waals surface area contributed by atoms with E-state index in [1.165, 1.54) is 19.3 Å². The van der Waals surface area contributed by atoms with E-state index in [9.17, 15) is 9.59 Å². The Balaban J connectivity index is 1.29. The van der Waals surface area contributed by atoms with Crippen LogP contribution in [0.15, 0.2) is 40.1 Å². The molecule has 7 heteroatoms. The highest BCUT2D eigenvalue weighted by molar-refractivity contribution is 7.98. The first-order valence-electron chi connectivity index (χ1n) is 10.9. The summed E-state index contributed by atoms with van der Waals surface area (Å²) >= 11 is 3.23. The van der Waals surface area contributed by atoms with E-state index in [1.807, 2.05) is 40.1 Å². The minimum atomic E-state index is -0.0200. The van der Waals surface area contributed by atoms with E-state index in [2.05, 4.69) is 10.3 Å². The van der Waals surface area contributed by atoms with E-state index in [0.29, 0.717) is 5.91 Å². The number of carbonyl (C=O) groups is 2. The lowest BCUT2D eigenvalue weighted by Gasteiger charge is -2.35. The molecule has 0 atom stereocenters. The number of hydrogen-bond acceptors (Lipinski definition) is 5. The van der Waals surface area contributed by atoms with Crippen molar-refractivity contribution in [3.8, 4) is 0 Å². The van der Waals surface area contributed by atoms with Gasteiger partial charge < -0.3 is 10.2 Å². The topological polar surface area (TPSA) is 62.3 Å². The predicted octanol–water partition coefficient (Wildman–Crippen LogP) is 4.74. The smallest absolute Gasteiger partial charge is 0.252 e. The molecule has 1 aromatic heterocycles. The number of amides is 2. The standard InChI is InChI=1S/C23H29N3O2S2/c27-22(20-8-4-5-9-21(20)30-15-19-14-29-16-24-19)25-18-10-12-26(13-11-18)23(28)17-6-2-1-3-7-17/h4-5,8-9,14,16-18H,1-3,6-7,10-13,15H2,(H,25,27). The van der Waals surface area contributed by atoms with Gasteiger partial charge in [-0.25, -0.2) is 4.98 Å². The first-order valence-corrected chi connectivity index (χ1v) is 12.8. The summed E-state index contributed by atoms with van der Waals surface area (Å²) in [5.41, 5.74) is 3.59. The molecule has 30 heavy (non-hydrogen) atoms. The quantitative estimate of drug-likeness (QED) is 0.655. The number of piperidine rings is 1. The van der Waals surface area contributed by atoms with Crippen molar-refractivity contribution in [3.63, 3.8) is 0 Å². The molecular weight excluding hydrogens is 414 g/mol. The fourth-order valence-electron chi connectivity index (χ4n) is 4.36. The van der Waals surface area contributed by atoms with Gasteiger partial charge in [0.2, 0.25) is 5.91 Å². The molecule has 2 amide bonds. The van der Waals surface area contributed by atoms with Gasteiger partial charge in [-0.05, 0) is 37.8 Å². The number of aromatic nitrogens is 1. The van der Waals surface area contributed by atoms with Crippen LogP contribution in [0.25, 0.3) is 0 Å². The van der Waals surface area contributed by atoms with Crippen molar-refractivity contribution in [1.29, 1.82) is 0 Å². The van der Waals surface area contributed by atoms with Crippen molar-refractivity contribution in [2.75, 3.05) is 13.1 Å². The Labute approximate surface area is 186 Å². The molecule has 4 rings (SSSR count). The Morgan fingerprint density at radius 1 is 1.10 bits per heavy atom. The lowest BCUT2D eigenvalue weighted by atomic mass is 9.87. The van der Waals surface area contributed by atoms with Crippen LogP contribution in [0.3, 0.4) is 0 Å². The van der Waals surface area contributed by atoms with Crippen molar-refractivity contribution in [2.24, 2.45) is 5.92 Å². The predicted molar refractivity (Wildman–Crippen MR) is 122 cm³/mol. The molecule has 1 aliphatic carbocycles. The zero-order valence-electron chi connectivity index (χ0n) is 17.2. The number of nitrogens with one attached hydrogen (secondary N) is 1. The maximum Gasteiger partial charge on any atom is 0.252 e. The fourth-order valence-corrected chi connectivity index (χ4v) is 5.97. The van der Waals surface area contributed by atoms with Gasteiger partial charge in [0.25, 0.3) is 5.91 Å². The maximum atomic E-state index is 12.9. The van der Waals surface area contributed by atoms with Crippen LogP contribution in [0.1, 0.15) is 61.0 Å². The van der Waals surface area contributed by atoms with E-state index in [4.69, 9.17) is 0 Å². The molecule has 160 valence electrons. The Morgan fingerprint density at radius 3 is 2.60 bits per heavy atom. The van der Waals surface area contributed by atoms with Crippen LogP contribution in [0.2, 0.25) is 0 Å². The maximum absolute atomic E-state index is 12.9. The van der Waals surface area contributed by atoms with Gasteiger partial charge in [0.05, 0.1) is 16.8 Å². The SMILES string of the molecule is O=C(NC1CCN(C(=O)C2CCCCC2)CC1)c1ccccc1SCc1cscn1. The van der Waals surface area contributed by atoms with E-state index < -0.39 is 0 Å². The highest BCUT2D eigenvalue weighted by Gasteiger charge is 2.29. The van der Waals surface area contributed by atoms with Gasteiger partial charge >= 0.3 is 0 Å². The number of hydrogen-bond donors (Lipinski definition) is 1. The second kappa shape index (κ2) is 10.4. The molecule has 2 aromatic rings. The van der Waals surface area contributed by atoms with Crippen molar-refractivity contribution < 1.29 is 9.59 Å². The zero-order chi connectivity index (χ0) is 20.8. The van der Waals surface area contributed by atoms with Crippen LogP contribution in [0, 0.1) is 5.92 Å². The van der Waals surface area contributed by atoms with Gasteiger partial charge in [0.15, 0.2) is 0 Å². The molecule has 0 bridgehead atoms. The zero-order valence-corrected chi connectivity index (χ0v) is 18.9. The van der Waals surface area contributed by atoms with Crippen molar-refractivity contribution in [1.82, 2.24) is 15.2 Å². The summed E-state index contributed by atoms with van der Waals surface area (Å²) in [6.45, 7) is 1.50. The monoisotopic (exact) mass is 443 g/mol. The Kier molecular flexibility index (Phi) is 7.44. The first-order chi connectivity index (χ1) is 14.7. The third-order valence-corrected chi connectivity index (χ3v) is 7.83. The molecule has 1 aliphatic heterocycles. The average Bonchev–Trinajstić information content (AvgIpc) is 3.32.